The van der Waals surface area contributed by atoms with Gasteiger partial charge < -0.3 is 19.9 Å². The molecule has 0 bridgehead atoms. The number of nitrogens with one attached hydrogen (secondary N) is 1. The molecule has 2 fully saturated rings. The van der Waals surface area contributed by atoms with Crippen molar-refractivity contribution in [3.05, 3.63) is 54.1 Å². The highest BCUT2D eigenvalue weighted by atomic mass is 16.5. The molecule has 1 amide bonds. The van der Waals surface area contributed by atoms with Gasteiger partial charge in [-0.2, -0.15) is 0 Å². The van der Waals surface area contributed by atoms with Crippen LogP contribution in [0.2, 0.25) is 0 Å². The van der Waals surface area contributed by atoms with Gasteiger partial charge in [0.2, 0.25) is 5.91 Å². The number of ether oxygens (including phenoxy) is 1. The van der Waals surface area contributed by atoms with Gasteiger partial charge in [0.25, 0.3) is 0 Å². The number of benzene rings is 1. The highest BCUT2D eigenvalue weighted by Crippen LogP contribution is 2.47. The third-order valence-electron chi connectivity index (χ3n) is 6.46. The number of likely N-dealkylation sites (N-methyl/N-ethyl adjacent to an activating group) is 1. The Balaban J connectivity index is 1.30. The molecule has 3 aliphatic rings. The number of methoxy groups -OCH3 is 1. The Morgan fingerprint density at radius 3 is 2.61 bits per heavy atom. The van der Waals surface area contributed by atoms with E-state index in [1.54, 1.807) is 7.11 Å². The minimum absolute atomic E-state index is 0.218. The lowest BCUT2D eigenvalue weighted by Crippen LogP contribution is -2.50. The third kappa shape index (κ3) is 4.07. The topological polar surface area (TPSA) is 44.8 Å². The molecular weight excluding hydrogens is 350 g/mol. The standard InChI is InChI=1S/C23H31N3O2/c1-25-12-14-26(15-13-25)22(27)17-24-21-16-20(21)23(28-2)10-8-19(9-11-23)18-6-4-3-5-7-18/h3-10,20-21,24H,11-17H2,1-2H3/t20-,21-,23?/m1/s1. The van der Waals surface area contributed by atoms with Crippen LogP contribution >= 0.6 is 0 Å². The summed E-state index contributed by atoms with van der Waals surface area (Å²) in [7, 11) is 3.91. The number of amides is 1. The zero-order valence-corrected chi connectivity index (χ0v) is 16.9. The number of nitrogens with zero attached hydrogens (tertiary/aromatic N) is 2. The fraction of sp³-hybridized carbons (Fsp3) is 0.522. The summed E-state index contributed by atoms with van der Waals surface area (Å²) in [6, 6.07) is 10.8. The van der Waals surface area contributed by atoms with Gasteiger partial charge in [0.05, 0.1) is 12.1 Å². The van der Waals surface area contributed by atoms with Gasteiger partial charge in [-0.25, -0.2) is 0 Å². The van der Waals surface area contributed by atoms with E-state index in [2.05, 4.69) is 59.8 Å². The molecule has 1 heterocycles. The maximum absolute atomic E-state index is 12.5. The largest absolute Gasteiger partial charge is 0.373 e. The molecule has 1 aromatic carbocycles. The van der Waals surface area contributed by atoms with Crippen LogP contribution in [0.3, 0.4) is 0 Å². The summed E-state index contributed by atoms with van der Waals surface area (Å²) in [5, 5.41) is 3.47. The number of allylic oxidation sites excluding steroid dienone is 2. The number of hydrogen-bond acceptors (Lipinski definition) is 4. The molecule has 1 aromatic rings. The first kappa shape index (κ1) is 19.4. The third-order valence-corrected chi connectivity index (χ3v) is 6.46. The molecule has 4 rings (SSSR count). The van der Waals surface area contributed by atoms with Crippen molar-refractivity contribution < 1.29 is 9.53 Å². The monoisotopic (exact) mass is 381 g/mol. The predicted octanol–water partition coefficient (Wildman–Crippen LogP) is 2.17. The molecule has 2 aliphatic carbocycles. The maximum Gasteiger partial charge on any atom is 0.236 e. The van der Waals surface area contributed by atoms with E-state index in [9.17, 15) is 4.79 Å². The van der Waals surface area contributed by atoms with Crippen molar-refractivity contribution >= 4 is 11.5 Å². The lowest BCUT2D eigenvalue weighted by atomic mass is 9.85. The van der Waals surface area contributed by atoms with E-state index >= 15 is 0 Å². The van der Waals surface area contributed by atoms with Crippen LogP contribution in [0.4, 0.5) is 0 Å². The van der Waals surface area contributed by atoms with Crippen molar-refractivity contribution in [1.82, 2.24) is 15.1 Å². The second-order valence-electron chi connectivity index (χ2n) is 8.24. The van der Waals surface area contributed by atoms with Crippen molar-refractivity contribution in [3.8, 4) is 0 Å². The van der Waals surface area contributed by atoms with Gasteiger partial charge in [-0.1, -0.05) is 48.6 Å². The highest BCUT2D eigenvalue weighted by molar-refractivity contribution is 5.78. The zero-order chi connectivity index (χ0) is 19.6. The summed E-state index contributed by atoms with van der Waals surface area (Å²) in [4.78, 5) is 16.7. The number of carbonyl (C=O) groups excluding carboxylic acids is 1. The molecule has 1 saturated heterocycles. The number of piperazine rings is 1. The molecule has 1 N–H and O–H groups in total. The summed E-state index contributed by atoms with van der Waals surface area (Å²) >= 11 is 0. The molecule has 0 radical (unpaired) electrons. The quantitative estimate of drug-likeness (QED) is 0.820. The zero-order valence-electron chi connectivity index (χ0n) is 16.9. The van der Waals surface area contributed by atoms with Crippen molar-refractivity contribution in [2.45, 2.75) is 24.5 Å². The van der Waals surface area contributed by atoms with Crippen molar-refractivity contribution in [2.75, 3.05) is 46.9 Å². The normalized spacial score (nSPS) is 30.2. The first-order chi connectivity index (χ1) is 13.6. The van der Waals surface area contributed by atoms with Crippen LogP contribution in [0, 0.1) is 5.92 Å². The van der Waals surface area contributed by atoms with E-state index in [0.717, 1.165) is 39.0 Å². The smallest absolute Gasteiger partial charge is 0.236 e. The van der Waals surface area contributed by atoms with Gasteiger partial charge in [0.15, 0.2) is 0 Å². The molecule has 0 spiro atoms. The molecule has 5 nitrogen and oxygen atoms in total. The molecule has 28 heavy (non-hydrogen) atoms. The van der Waals surface area contributed by atoms with Gasteiger partial charge in [-0.05, 0) is 31.0 Å². The van der Waals surface area contributed by atoms with Crippen LogP contribution in [0.15, 0.2) is 48.6 Å². The van der Waals surface area contributed by atoms with Crippen LogP contribution in [-0.2, 0) is 9.53 Å². The lowest BCUT2D eigenvalue weighted by molar-refractivity contribution is -0.131. The Morgan fingerprint density at radius 2 is 1.96 bits per heavy atom. The van der Waals surface area contributed by atoms with Crippen molar-refractivity contribution in [3.63, 3.8) is 0 Å². The number of rotatable bonds is 6. The van der Waals surface area contributed by atoms with Gasteiger partial charge in [0.1, 0.15) is 0 Å². The molecule has 0 aromatic heterocycles. The first-order valence-corrected chi connectivity index (χ1v) is 10.3. The Kier molecular flexibility index (Phi) is 5.67. The summed E-state index contributed by atoms with van der Waals surface area (Å²) in [5.41, 5.74) is 2.24. The molecular formula is C23H31N3O2. The minimum Gasteiger partial charge on any atom is -0.373 e. The number of hydrogen-bond donors (Lipinski definition) is 1. The summed E-state index contributed by atoms with van der Waals surface area (Å²) in [6.07, 6.45) is 8.63. The minimum atomic E-state index is -0.257. The summed E-state index contributed by atoms with van der Waals surface area (Å²) < 4.78 is 5.98. The summed E-state index contributed by atoms with van der Waals surface area (Å²) in [5.74, 6) is 0.637. The fourth-order valence-electron chi connectivity index (χ4n) is 4.41. The van der Waals surface area contributed by atoms with Crippen molar-refractivity contribution in [2.24, 2.45) is 5.92 Å². The van der Waals surface area contributed by atoms with Crippen LogP contribution in [0.25, 0.3) is 5.57 Å². The SMILES string of the molecule is COC1([C@@H]2C[C@H]2NCC(=O)N2CCN(C)CC2)C=CC(c2ccccc2)=CC1. The lowest BCUT2D eigenvalue weighted by Gasteiger charge is -2.33. The Bertz CT molecular complexity index is 752. The molecule has 150 valence electrons. The number of carbonyl (C=O) groups is 1. The van der Waals surface area contributed by atoms with Crippen LogP contribution in [0.5, 0.6) is 0 Å². The van der Waals surface area contributed by atoms with Crippen LogP contribution in [-0.4, -0.2) is 74.2 Å². The van der Waals surface area contributed by atoms with E-state index < -0.39 is 0 Å². The van der Waals surface area contributed by atoms with E-state index in [4.69, 9.17) is 4.74 Å². The van der Waals surface area contributed by atoms with E-state index in [0.29, 0.717) is 18.5 Å². The molecule has 1 aliphatic heterocycles. The Morgan fingerprint density at radius 1 is 1.21 bits per heavy atom. The fourth-order valence-corrected chi connectivity index (χ4v) is 4.41. The van der Waals surface area contributed by atoms with Gasteiger partial charge >= 0.3 is 0 Å². The molecule has 1 unspecified atom stereocenters. The highest BCUT2D eigenvalue weighted by Gasteiger charge is 2.52. The molecule has 5 heteroatoms. The molecule has 3 atom stereocenters. The Labute approximate surface area is 168 Å². The van der Waals surface area contributed by atoms with E-state index in [-0.39, 0.29) is 11.5 Å². The second-order valence-corrected chi connectivity index (χ2v) is 8.24. The van der Waals surface area contributed by atoms with E-state index in [1.165, 1.54) is 11.1 Å². The van der Waals surface area contributed by atoms with Crippen LogP contribution < -0.4 is 5.32 Å². The maximum atomic E-state index is 12.5. The van der Waals surface area contributed by atoms with E-state index in [1.807, 2.05) is 11.0 Å². The van der Waals surface area contributed by atoms with Gasteiger partial charge in [-0.15, -0.1) is 0 Å². The van der Waals surface area contributed by atoms with Crippen molar-refractivity contribution in [1.29, 1.82) is 0 Å². The summed E-state index contributed by atoms with van der Waals surface area (Å²) in [6.45, 7) is 4.03. The average Bonchev–Trinajstić information content (AvgIpc) is 3.54. The second kappa shape index (κ2) is 8.19. The van der Waals surface area contributed by atoms with Gasteiger partial charge in [-0.3, -0.25) is 4.79 Å². The predicted molar refractivity (Wildman–Crippen MR) is 112 cm³/mol. The van der Waals surface area contributed by atoms with Gasteiger partial charge in [0, 0.05) is 45.2 Å². The average molecular weight is 382 g/mol. The Hall–Kier alpha value is -1.95. The molecule has 1 saturated carbocycles. The van der Waals surface area contributed by atoms with Crippen LogP contribution in [0.1, 0.15) is 18.4 Å². The first-order valence-electron chi connectivity index (χ1n) is 10.3.